The number of methoxy groups -OCH3 is 2. The topological polar surface area (TPSA) is 68.3 Å². The minimum absolute atomic E-state index is 0.183. The largest absolute Gasteiger partial charge is 0.469 e. The van der Waals surface area contributed by atoms with Crippen LogP contribution >= 0.6 is 0 Å². The van der Waals surface area contributed by atoms with E-state index in [0.29, 0.717) is 44.7 Å². The van der Waals surface area contributed by atoms with Crippen LogP contribution in [-0.2, 0) is 23.8 Å². The van der Waals surface area contributed by atoms with E-state index >= 15 is 0 Å². The maximum atomic E-state index is 12.1. The second kappa shape index (κ2) is 16.6. The fourth-order valence-electron chi connectivity index (χ4n) is 3.19. The summed E-state index contributed by atoms with van der Waals surface area (Å²) < 4.78 is 15.4. The van der Waals surface area contributed by atoms with Crippen molar-refractivity contribution < 1.29 is 23.8 Å². The van der Waals surface area contributed by atoms with E-state index in [9.17, 15) is 9.59 Å². The van der Waals surface area contributed by atoms with Crippen molar-refractivity contribution in [3.05, 3.63) is 0 Å². The van der Waals surface area contributed by atoms with Crippen LogP contribution in [0.5, 0.6) is 0 Å². The van der Waals surface area contributed by atoms with E-state index in [-0.39, 0.29) is 18.0 Å². The summed E-state index contributed by atoms with van der Waals surface area (Å²) in [6.07, 6.45) is 3.94. The SMILES string of the molecule is CCN(CCCC(C)OC)C(C)CCOC(=O)CCN(CCC(=O)OC)C(C)C. The van der Waals surface area contributed by atoms with Crippen LogP contribution in [0.2, 0.25) is 0 Å². The molecule has 0 aliphatic rings. The summed E-state index contributed by atoms with van der Waals surface area (Å²) in [5.41, 5.74) is 0. The van der Waals surface area contributed by atoms with E-state index in [1.54, 1.807) is 7.11 Å². The Hall–Kier alpha value is -1.18. The Balaban J connectivity index is 4.13. The molecule has 0 saturated carbocycles. The average molecular weight is 417 g/mol. The van der Waals surface area contributed by atoms with Crippen molar-refractivity contribution in [2.24, 2.45) is 0 Å². The van der Waals surface area contributed by atoms with Gasteiger partial charge in [0.2, 0.25) is 0 Å². The maximum absolute atomic E-state index is 12.1. The number of carbonyl (C=O) groups is 2. The minimum Gasteiger partial charge on any atom is -0.469 e. The van der Waals surface area contributed by atoms with Crippen LogP contribution < -0.4 is 0 Å². The Morgan fingerprint density at radius 1 is 0.862 bits per heavy atom. The van der Waals surface area contributed by atoms with Crippen LogP contribution in [0.1, 0.15) is 66.7 Å². The summed E-state index contributed by atoms with van der Waals surface area (Å²) in [7, 11) is 3.14. The average Bonchev–Trinajstić information content (AvgIpc) is 2.70. The minimum atomic E-state index is -0.232. The van der Waals surface area contributed by atoms with Gasteiger partial charge in [-0.25, -0.2) is 0 Å². The first-order chi connectivity index (χ1) is 13.7. The smallest absolute Gasteiger partial charge is 0.307 e. The van der Waals surface area contributed by atoms with Crippen LogP contribution in [0.4, 0.5) is 0 Å². The zero-order chi connectivity index (χ0) is 22.2. The molecule has 0 spiro atoms. The molecule has 0 aliphatic heterocycles. The molecule has 0 bridgehead atoms. The van der Waals surface area contributed by atoms with Gasteiger partial charge in [0.05, 0.1) is 32.7 Å². The van der Waals surface area contributed by atoms with Gasteiger partial charge in [0.25, 0.3) is 0 Å². The van der Waals surface area contributed by atoms with Crippen molar-refractivity contribution in [1.82, 2.24) is 9.80 Å². The van der Waals surface area contributed by atoms with Crippen molar-refractivity contribution in [3.63, 3.8) is 0 Å². The zero-order valence-corrected chi connectivity index (χ0v) is 19.7. The number of carbonyl (C=O) groups excluding carboxylic acids is 2. The quantitative estimate of drug-likeness (QED) is 0.338. The zero-order valence-electron chi connectivity index (χ0n) is 19.7. The molecule has 0 fully saturated rings. The standard InChI is InChI=1S/C22H44N2O5/c1-8-23(14-9-10-20(5)27-6)19(4)13-17-29-22(26)12-16-24(18(2)3)15-11-21(25)28-7/h18-20H,8-17H2,1-7H3. The van der Waals surface area contributed by atoms with Gasteiger partial charge in [0, 0.05) is 32.3 Å². The summed E-state index contributed by atoms with van der Waals surface area (Å²) in [4.78, 5) is 27.9. The van der Waals surface area contributed by atoms with Crippen LogP contribution in [-0.4, -0.2) is 86.9 Å². The summed E-state index contributed by atoms with van der Waals surface area (Å²) in [6, 6.07) is 0.629. The monoisotopic (exact) mass is 416 g/mol. The molecule has 0 heterocycles. The lowest BCUT2D eigenvalue weighted by atomic mass is 10.1. The number of hydrogen-bond donors (Lipinski definition) is 0. The molecule has 0 aromatic rings. The molecule has 0 rings (SSSR count). The maximum Gasteiger partial charge on any atom is 0.307 e. The number of rotatable bonds is 17. The molecule has 29 heavy (non-hydrogen) atoms. The first-order valence-corrected chi connectivity index (χ1v) is 11.0. The number of hydrogen-bond acceptors (Lipinski definition) is 7. The van der Waals surface area contributed by atoms with Gasteiger partial charge in [0.1, 0.15) is 0 Å². The second-order valence-corrected chi connectivity index (χ2v) is 7.88. The van der Waals surface area contributed by atoms with Crippen molar-refractivity contribution >= 4 is 11.9 Å². The van der Waals surface area contributed by atoms with Crippen LogP contribution in [0, 0.1) is 0 Å². The molecular weight excluding hydrogens is 372 g/mol. The second-order valence-electron chi connectivity index (χ2n) is 7.88. The molecule has 7 heteroatoms. The first-order valence-electron chi connectivity index (χ1n) is 11.0. The molecule has 0 aliphatic carbocycles. The highest BCUT2D eigenvalue weighted by atomic mass is 16.5. The Labute approximate surface area is 178 Å². The van der Waals surface area contributed by atoms with E-state index in [4.69, 9.17) is 9.47 Å². The summed E-state index contributed by atoms with van der Waals surface area (Å²) in [5.74, 6) is -0.415. The lowest BCUT2D eigenvalue weighted by Crippen LogP contribution is -2.36. The van der Waals surface area contributed by atoms with E-state index in [1.807, 2.05) is 0 Å². The molecule has 0 amide bonds. The van der Waals surface area contributed by atoms with Crippen molar-refractivity contribution in [2.45, 2.75) is 84.9 Å². The molecule has 0 saturated heterocycles. The fourth-order valence-corrected chi connectivity index (χ4v) is 3.19. The Morgan fingerprint density at radius 3 is 2.00 bits per heavy atom. The summed E-state index contributed by atoms with van der Waals surface area (Å²) >= 11 is 0. The highest BCUT2D eigenvalue weighted by Gasteiger charge is 2.16. The van der Waals surface area contributed by atoms with Crippen LogP contribution in [0.3, 0.4) is 0 Å². The molecule has 0 N–H and O–H groups in total. The third-order valence-electron chi connectivity index (χ3n) is 5.45. The number of nitrogens with zero attached hydrogens (tertiary/aromatic N) is 2. The number of esters is 2. The summed E-state index contributed by atoms with van der Waals surface area (Å²) in [6.45, 7) is 14.2. The molecule has 0 aromatic heterocycles. The molecule has 2 unspecified atom stereocenters. The third kappa shape index (κ3) is 13.6. The van der Waals surface area contributed by atoms with Crippen molar-refractivity contribution in [1.29, 1.82) is 0 Å². The molecule has 0 radical (unpaired) electrons. The third-order valence-corrected chi connectivity index (χ3v) is 5.45. The molecule has 172 valence electrons. The van der Waals surface area contributed by atoms with Gasteiger partial charge < -0.3 is 19.1 Å². The normalized spacial score (nSPS) is 13.7. The highest BCUT2D eigenvalue weighted by Crippen LogP contribution is 2.09. The van der Waals surface area contributed by atoms with Gasteiger partial charge >= 0.3 is 11.9 Å². The van der Waals surface area contributed by atoms with E-state index < -0.39 is 0 Å². The molecule has 2 atom stereocenters. The van der Waals surface area contributed by atoms with Gasteiger partial charge in [-0.3, -0.25) is 14.5 Å². The van der Waals surface area contributed by atoms with Gasteiger partial charge in [-0.15, -0.1) is 0 Å². The number of ether oxygens (including phenoxy) is 3. The summed E-state index contributed by atoms with van der Waals surface area (Å²) in [5, 5.41) is 0. The Morgan fingerprint density at radius 2 is 1.48 bits per heavy atom. The predicted molar refractivity (Wildman–Crippen MR) is 116 cm³/mol. The van der Waals surface area contributed by atoms with Gasteiger partial charge in [-0.2, -0.15) is 0 Å². The molecule has 0 aromatic carbocycles. The van der Waals surface area contributed by atoms with Crippen molar-refractivity contribution in [3.8, 4) is 0 Å². The van der Waals surface area contributed by atoms with Gasteiger partial charge in [0.15, 0.2) is 0 Å². The Bertz CT molecular complexity index is 445. The van der Waals surface area contributed by atoms with E-state index in [0.717, 1.165) is 32.4 Å². The predicted octanol–water partition coefficient (Wildman–Crippen LogP) is 3.11. The highest BCUT2D eigenvalue weighted by molar-refractivity contribution is 5.70. The van der Waals surface area contributed by atoms with Crippen molar-refractivity contribution in [2.75, 3.05) is 47.0 Å². The van der Waals surface area contributed by atoms with Gasteiger partial charge in [-0.05, 0) is 60.0 Å². The first kappa shape index (κ1) is 27.8. The van der Waals surface area contributed by atoms with E-state index in [2.05, 4.69) is 49.2 Å². The lowest BCUT2D eigenvalue weighted by molar-refractivity contribution is -0.144. The van der Waals surface area contributed by atoms with Gasteiger partial charge in [-0.1, -0.05) is 6.92 Å². The Kier molecular flexibility index (Phi) is 15.9. The molecule has 7 nitrogen and oxygen atoms in total. The van der Waals surface area contributed by atoms with Crippen LogP contribution in [0.25, 0.3) is 0 Å². The van der Waals surface area contributed by atoms with E-state index in [1.165, 1.54) is 7.11 Å². The fraction of sp³-hybridized carbons (Fsp3) is 0.909. The lowest BCUT2D eigenvalue weighted by Gasteiger charge is -2.28. The van der Waals surface area contributed by atoms with Crippen LogP contribution in [0.15, 0.2) is 0 Å². The molecular formula is C22H44N2O5.